The van der Waals surface area contributed by atoms with Gasteiger partial charge in [-0.1, -0.05) is 0 Å². The summed E-state index contributed by atoms with van der Waals surface area (Å²) in [7, 11) is 3.31. The summed E-state index contributed by atoms with van der Waals surface area (Å²) in [6.07, 6.45) is 1.77. The monoisotopic (exact) mass is 265 g/mol. The second-order valence-corrected chi connectivity index (χ2v) is 5.40. The normalized spacial score (nSPS) is 19.2. The van der Waals surface area contributed by atoms with Crippen LogP contribution in [0.4, 0.5) is 0 Å². The molecule has 0 bridgehead atoms. The number of rotatable bonds is 4. The van der Waals surface area contributed by atoms with Crippen LogP contribution in [0, 0.1) is 0 Å². The largest absolute Gasteiger partial charge is 0.493 e. The van der Waals surface area contributed by atoms with Crippen LogP contribution in [0.1, 0.15) is 19.5 Å². The Kier molecular flexibility index (Phi) is 4.27. The highest BCUT2D eigenvalue weighted by Crippen LogP contribution is 2.31. The molecule has 0 amide bonds. The molecule has 1 saturated heterocycles. The van der Waals surface area contributed by atoms with Gasteiger partial charge in [-0.15, -0.1) is 0 Å². The highest BCUT2D eigenvalue weighted by Gasteiger charge is 2.30. The minimum Gasteiger partial charge on any atom is -0.493 e. The summed E-state index contributed by atoms with van der Waals surface area (Å²) in [5.74, 6) is 1.47. The summed E-state index contributed by atoms with van der Waals surface area (Å²) in [6.45, 7) is 8.26. The molecule has 0 aliphatic carbocycles. The molecule has 0 spiro atoms. The van der Waals surface area contributed by atoms with E-state index in [2.05, 4.69) is 29.0 Å². The molecule has 1 aliphatic rings. The van der Waals surface area contributed by atoms with Gasteiger partial charge in [0.1, 0.15) is 5.69 Å². The second-order valence-electron chi connectivity index (χ2n) is 5.40. The molecule has 1 fully saturated rings. The maximum absolute atomic E-state index is 5.45. The Morgan fingerprint density at radius 2 is 2.16 bits per heavy atom. The van der Waals surface area contributed by atoms with Gasteiger partial charge in [0.05, 0.1) is 14.2 Å². The van der Waals surface area contributed by atoms with E-state index in [0.717, 1.165) is 43.4 Å². The highest BCUT2D eigenvalue weighted by atomic mass is 16.5. The summed E-state index contributed by atoms with van der Waals surface area (Å²) in [4.78, 5) is 6.88. The molecule has 0 saturated carbocycles. The number of pyridine rings is 1. The van der Waals surface area contributed by atoms with Crippen molar-refractivity contribution in [2.45, 2.75) is 25.9 Å². The lowest BCUT2D eigenvalue weighted by atomic mass is 10.00. The van der Waals surface area contributed by atoms with E-state index in [4.69, 9.17) is 9.47 Å². The summed E-state index contributed by atoms with van der Waals surface area (Å²) < 4.78 is 10.8. The standard InChI is InChI=1S/C14H23N3O2/c1-14(2)10-15-7-8-17(14)9-11-13(19-4)12(18-3)5-6-16-11/h5-6,15H,7-10H2,1-4H3. The maximum Gasteiger partial charge on any atom is 0.183 e. The molecule has 1 aromatic rings. The van der Waals surface area contributed by atoms with Crippen LogP contribution in [0.2, 0.25) is 0 Å². The minimum atomic E-state index is 0.119. The molecule has 1 aromatic heterocycles. The number of ether oxygens (including phenoxy) is 2. The Balaban J connectivity index is 2.23. The van der Waals surface area contributed by atoms with Crippen molar-refractivity contribution in [2.24, 2.45) is 0 Å². The summed E-state index contributed by atoms with van der Waals surface area (Å²) in [5.41, 5.74) is 1.05. The fraction of sp³-hybridized carbons (Fsp3) is 0.643. The summed E-state index contributed by atoms with van der Waals surface area (Å²) in [6, 6.07) is 1.82. The van der Waals surface area contributed by atoms with Crippen molar-refractivity contribution < 1.29 is 9.47 Å². The van der Waals surface area contributed by atoms with Crippen LogP contribution in [0.25, 0.3) is 0 Å². The lowest BCUT2D eigenvalue weighted by Crippen LogP contribution is -2.57. The third kappa shape index (κ3) is 2.98. The number of nitrogens with one attached hydrogen (secondary N) is 1. The molecule has 5 nitrogen and oxygen atoms in total. The van der Waals surface area contributed by atoms with Gasteiger partial charge in [0, 0.05) is 44.0 Å². The first-order chi connectivity index (χ1) is 9.08. The van der Waals surface area contributed by atoms with E-state index in [9.17, 15) is 0 Å². The molecule has 106 valence electrons. The molecule has 5 heteroatoms. The first-order valence-electron chi connectivity index (χ1n) is 6.60. The van der Waals surface area contributed by atoms with Gasteiger partial charge in [0.25, 0.3) is 0 Å². The van der Waals surface area contributed by atoms with Gasteiger partial charge < -0.3 is 14.8 Å². The number of hydrogen-bond acceptors (Lipinski definition) is 5. The lowest BCUT2D eigenvalue weighted by molar-refractivity contribution is 0.0803. The third-order valence-electron chi connectivity index (χ3n) is 3.68. The number of aromatic nitrogens is 1. The average Bonchev–Trinajstić information content (AvgIpc) is 2.40. The third-order valence-corrected chi connectivity index (χ3v) is 3.68. The van der Waals surface area contributed by atoms with Crippen LogP contribution in [-0.4, -0.2) is 49.3 Å². The first kappa shape index (κ1) is 14.1. The van der Waals surface area contributed by atoms with Crippen molar-refractivity contribution in [1.29, 1.82) is 0 Å². The molecule has 2 heterocycles. The van der Waals surface area contributed by atoms with E-state index >= 15 is 0 Å². The molecule has 2 rings (SSSR count). The van der Waals surface area contributed by atoms with Gasteiger partial charge in [-0.05, 0) is 13.8 Å². The Morgan fingerprint density at radius 1 is 1.37 bits per heavy atom. The highest BCUT2D eigenvalue weighted by molar-refractivity contribution is 5.42. The number of methoxy groups -OCH3 is 2. The maximum atomic E-state index is 5.45. The molecular weight excluding hydrogens is 242 g/mol. The fourth-order valence-corrected chi connectivity index (χ4v) is 2.46. The van der Waals surface area contributed by atoms with Gasteiger partial charge in [0.2, 0.25) is 0 Å². The molecule has 19 heavy (non-hydrogen) atoms. The van der Waals surface area contributed by atoms with Crippen LogP contribution >= 0.6 is 0 Å². The minimum absolute atomic E-state index is 0.119. The van der Waals surface area contributed by atoms with Crippen molar-refractivity contribution in [3.8, 4) is 11.5 Å². The van der Waals surface area contributed by atoms with E-state index in [-0.39, 0.29) is 5.54 Å². The van der Waals surface area contributed by atoms with E-state index < -0.39 is 0 Å². The predicted octanol–water partition coefficient (Wildman–Crippen LogP) is 1.28. The smallest absolute Gasteiger partial charge is 0.183 e. The van der Waals surface area contributed by atoms with Crippen LogP contribution in [-0.2, 0) is 6.54 Å². The fourth-order valence-electron chi connectivity index (χ4n) is 2.46. The Hall–Kier alpha value is -1.33. The SMILES string of the molecule is COc1ccnc(CN2CCNCC2(C)C)c1OC. The molecule has 1 N–H and O–H groups in total. The van der Waals surface area contributed by atoms with Crippen LogP contribution in [0.5, 0.6) is 11.5 Å². The van der Waals surface area contributed by atoms with Gasteiger partial charge in [0.15, 0.2) is 11.5 Å². The van der Waals surface area contributed by atoms with E-state index in [1.807, 2.05) is 6.07 Å². The van der Waals surface area contributed by atoms with Crippen molar-refractivity contribution in [2.75, 3.05) is 33.9 Å². The van der Waals surface area contributed by atoms with Gasteiger partial charge in [-0.2, -0.15) is 0 Å². The second kappa shape index (κ2) is 5.75. The number of nitrogens with zero attached hydrogens (tertiary/aromatic N) is 2. The zero-order valence-corrected chi connectivity index (χ0v) is 12.2. The van der Waals surface area contributed by atoms with E-state index in [1.54, 1.807) is 20.4 Å². The summed E-state index contributed by atoms with van der Waals surface area (Å²) in [5, 5.41) is 3.42. The van der Waals surface area contributed by atoms with Crippen molar-refractivity contribution in [1.82, 2.24) is 15.2 Å². The topological polar surface area (TPSA) is 46.6 Å². The molecule has 0 atom stereocenters. The van der Waals surface area contributed by atoms with E-state index in [0.29, 0.717) is 0 Å². The molecule has 0 unspecified atom stereocenters. The lowest BCUT2D eigenvalue weighted by Gasteiger charge is -2.42. The average molecular weight is 265 g/mol. The first-order valence-corrected chi connectivity index (χ1v) is 6.60. The van der Waals surface area contributed by atoms with Gasteiger partial charge in [-0.25, -0.2) is 0 Å². The predicted molar refractivity (Wildman–Crippen MR) is 74.7 cm³/mol. The molecular formula is C14H23N3O2. The van der Waals surface area contributed by atoms with Crippen molar-refractivity contribution in [3.63, 3.8) is 0 Å². The van der Waals surface area contributed by atoms with Gasteiger partial charge in [-0.3, -0.25) is 9.88 Å². The number of hydrogen-bond donors (Lipinski definition) is 1. The van der Waals surface area contributed by atoms with Crippen LogP contribution in [0.15, 0.2) is 12.3 Å². The quantitative estimate of drug-likeness (QED) is 0.888. The van der Waals surface area contributed by atoms with Crippen molar-refractivity contribution >= 4 is 0 Å². The Labute approximate surface area is 114 Å². The van der Waals surface area contributed by atoms with E-state index in [1.165, 1.54) is 0 Å². The zero-order valence-electron chi connectivity index (χ0n) is 12.2. The Morgan fingerprint density at radius 3 is 2.79 bits per heavy atom. The molecule has 0 aromatic carbocycles. The molecule has 1 aliphatic heterocycles. The van der Waals surface area contributed by atoms with Crippen molar-refractivity contribution in [3.05, 3.63) is 18.0 Å². The number of piperazine rings is 1. The summed E-state index contributed by atoms with van der Waals surface area (Å²) >= 11 is 0. The molecule has 0 radical (unpaired) electrons. The van der Waals surface area contributed by atoms with Crippen LogP contribution in [0.3, 0.4) is 0 Å². The van der Waals surface area contributed by atoms with Gasteiger partial charge >= 0.3 is 0 Å². The van der Waals surface area contributed by atoms with Crippen LogP contribution < -0.4 is 14.8 Å². The zero-order chi connectivity index (χ0) is 13.9. The Bertz CT molecular complexity index is 435.